The number of rotatable bonds is 4. The van der Waals surface area contributed by atoms with Crippen LogP contribution < -0.4 is 0 Å². The Kier molecular flexibility index (Phi) is 3.98. The molecular weight excluding hydrogens is 208 g/mol. The van der Waals surface area contributed by atoms with Crippen LogP contribution in [0.25, 0.3) is 0 Å². The van der Waals surface area contributed by atoms with Crippen molar-refractivity contribution in [2.75, 3.05) is 0 Å². The number of Topliss-reactive ketones (excluding diaryl/α,β-unsaturated/α-hetero) is 1. The van der Waals surface area contributed by atoms with Gasteiger partial charge in [0, 0.05) is 12.3 Å². The van der Waals surface area contributed by atoms with Crippen molar-refractivity contribution in [3.8, 4) is 0 Å². The van der Waals surface area contributed by atoms with E-state index in [4.69, 9.17) is 0 Å². The lowest BCUT2D eigenvalue weighted by Gasteiger charge is -2.25. The van der Waals surface area contributed by atoms with E-state index < -0.39 is 0 Å². The quantitative estimate of drug-likeness (QED) is 0.760. The number of ketones is 1. The highest BCUT2D eigenvalue weighted by Gasteiger charge is 2.20. The minimum Gasteiger partial charge on any atom is -0.299 e. The van der Waals surface area contributed by atoms with Crippen LogP contribution in [-0.2, 0) is 11.2 Å². The van der Waals surface area contributed by atoms with Gasteiger partial charge in [-0.3, -0.25) is 4.79 Å². The summed E-state index contributed by atoms with van der Waals surface area (Å²) in [5.41, 5.74) is 3.00. The summed E-state index contributed by atoms with van der Waals surface area (Å²) in [7, 11) is 0. The van der Waals surface area contributed by atoms with Gasteiger partial charge < -0.3 is 0 Å². The molecule has 1 aromatic carbocycles. The van der Waals surface area contributed by atoms with Crippen LogP contribution in [0.5, 0.6) is 0 Å². The maximum atomic E-state index is 11.7. The van der Waals surface area contributed by atoms with Crippen LogP contribution in [0.4, 0.5) is 0 Å². The van der Waals surface area contributed by atoms with E-state index in [1.54, 1.807) is 0 Å². The zero-order valence-electron chi connectivity index (χ0n) is 10.9. The van der Waals surface area contributed by atoms with Crippen molar-refractivity contribution in [2.24, 2.45) is 5.92 Å². The van der Waals surface area contributed by atoms with E-state index >= 15 is 0 Å². The third kappa shape index (κ3) is 2.96. The van der Waals surface area contributed by atoms with Gasteiger partial charge in [0.15, 0.2) is 0 Å². The molecule has 0 spiro atoms. The Bertz CT molecular complexity index is 392. The van der Waals surface area contributed by atoms with Crippen LogP contribution in [-0.4, -0.2) is 5.78 Å². The molecule has 0 saturated heterocycles. The molecule has 1 nitrogen and oxygen atoms in total. The summed E-state index contributed by atoms with van der Waals surface area (Å²) in [6, 6.07) is 8.74. The largest absolute Gasteiger partial charge is 0.299 e. The first kappa shape index (κ1) is 12.3. The molecule has 0 fully saturated rings. The molecule has 1 atom stereocenters. The fraction of sp³-hybridized carbons (Fsp3) is 0.562. The molecule has 1 heteroatoms. The number of carbonyl (C=O) groups excluding carboxylic acids is 1. The summed E-state index contributed by atoms with van der Waals surface area (Å²) in [6.07, 6.45) is 5.52. The Hall–Kier alpha value is -1.11. The minimum atomic E-state index is 0.189. The Morgan fingerprint density at radius 1 is 1.35 bits per heavy atom. The molecule has 0 N–H and O–H groups in total. The van der Waals surface area contributed by atoms with Gasteiger partial charge in [-0.05, 0) is 42.7 Å². The van der Waals surface area contributed by atoms with Crippen molar-refractivity contribution >= 4 is 5.78 Å². The number of hydrogen-bond acceptors (Lipinski definition) is 1. The number of aryl methyl sites for hydroxylation is 1. The summed E-state index contributed by atoms with van der Waals surface area (Å²) in [6.45, 7) is 3.99. The Balaban J connectivity index is 2.01. The van der Waals surface area contributed by atoms with Gasteiger partial charge >= 0.3 is 0 Å². The first-order valence-corrected chi connectivity index (χ1v) is 6.79. The predicted octanol–water partition coefficient (Wildman–Crippen LogP) is 4.11. The molecule has 0 bridgehead atoms. The second-order valence-corrected chi connectivity index (χ2v) is 5.45. The molecule has 1 aliphatic carbocycles. The molecule has 0 heterocycles. The van der Waals surface area contributed by atoms with Gasteiger partial charge in [-0.15, -0.1) is 0 Å². The number of hydrogen-bond donors (Lipinski definition) is 0. The predicted molar refractivity (Wildman–Crippen MR) is 71.2 cm³/mol. The van der Waals surface area contributed by atoms with E-state index in [0.29, 0.717) is 11.7 Å². The fourth-order valence-electron chi connectivity index (χ4n) is 2.76. The second-order valence-electron chi connectivity index (χ2n) is 5.45. The highest BCUT2D eigenvalue weighted by molar-refractivity contribution is 5.80. The van der Waals surface area contributed by atoms with Gasteiger partial charge in [0.1, 0.15) is 5.78 Å². The van der Waals surface area contributed by atoms with Crippen molar-refractivity contribution in [1.82, 2.24) is 0 Å². The van der Waals surface area contributed by atoms with Crippen molar-refractivity contribution in [1.29, 1.82) is 0 Å². The zero-order chi connectivity index (χ0) is 12.3. The fourth-order valence-corrected chi connectivity index (χ4v) is 2.76. The molecule has 0 saturated carbocycles. The lowest BCUT2D eigenvalue weighted by atomic mass is 9.80. The van der Waals surface area contributed by atoms with Crippen molar-refractivity contribution < 1.29 is 4.79 Å². The molecule has 92 valence electrons. The highest BCUT2D eigenvalue weighted by Crippen LogP contribution is 2.34. The Labute approximate surface area is 104 Å². The van der Waals surface area contributed by atoms with E-state index in [1.165, 1.54) is 30.4 Å². The molecular formula is C16H22O. The number of fused-ring (bicyclic) bond motifs is 1. The highest BCUT2D eigenvalue weighted by atomic mass is 16.1. The number of carbonyl (C=O) groups is 1. The van der Waals surface area contributed by atoms with Crippen LogP contribution in [0.15, 0.2) is 24.3 Å². The summed E-state index contributed by atoms with van der Waals surface area (Å²) in [5, 5.41) is 0. The van der Waals surface area contributed by atoms with E-state index in [9.17, 15) is 4.79 Å². The normalized spacial score (nSPS) is 19.1. The summed E-state index contributed by atoms with van der Waals surface area (Å²) < 4.78 is 0. The molecule has 1 aliphatic rings. The molecule has 17 heavy (non-hydrogen) atoms. The van der Waals surface area contributed by atoms with Crippen LogP contribution in [0.1, 0.15) is 56.6 Å². The van der Waals surface area contributed by atoms with E-state index in [2.05, 4.69) is 24.3 Å². The molecule has 2 rings (SSSR count). The van der Waals surface area contributed by atoms with Crippen LogP contribution in [0.3, 0.4) is 0 Å². The van der Waals surface area contributed by atoms with Crippen LogP contribution >= 0.6 is 0 Å². The lowest BCUT2D eigenvalue weighted by Crippen LogP contribution is -2.13. The van der Waals surface area contributed by atoms with Crippen LogP contribution in [0, 0.1) is 5.92 Å². The van der Waals surface area contributed by atoms with E-state index in [0.717, 1.165) is 12.8 Å². The summed E-state index contributed by atoms with van der Waals surface area (Å²) in [4.78, 5) is 11.7. The van der Waals surface area contributed by atoms with E-state index in [1.807, 2.05) is 13.8 Å². The number of benzene rings is 1. The summed E-state index contributed by atoms with van der Waals surface area (Å²) in [5.74, 6) is 1.21. The molecule has 0 radical (unpaired) electrons. The van der Waals surface area contributed by atoms with Crippen molar-refractivity contribution in [2.45, 2.75) is 51.9 Å². The third-order valence-electron chi connectivity index (χ3n) is 3.88. The van der Waals surface area contributed by atoms with Gasteiger partial charge in [0.05, 0.1) is 0 Å². The third-order valence-corrected chi connectivity index (χ3v) is 3.88. The van der Waals surface area contributed by atoms with Crippen molar-refractivity contribution in [3.63, 3.8) is 0 Å². The molecule has 0 aromatic heterocycles. The van der Waals surface area contributed by atoms with Gasteiger partial charge in [0.2, 0.25) is 0 Å². The molecule has 0 amide bonds. The molecule has 1 aromatic rings. The average molecular weight is 230 g/mol. The standard InChI is InChI=1S/C16H22O/c1-12(2)16(17)11-10-14-8-5-7-13-6-3-4-9-15(13)14/h3-4,6,9,12,14H,5,7-8,10-11H2,1-2H3. The molecule has 1 unspecified atom stereocenters. The van der Waals surface area contributed by atoms with Gasteiger partial charge in [-0.2, -0.15) is 0 Å². The molecule has 0 aliphatic heterocycles. The van der Waals surface area contributed by atoms with Gasteiger partial charge in [-0.25, -0.2) is 0 Å². The smallest absolute Gasteiger partial charge is 0.135 e. The minimum absolute atomic E-state index is 0.189. The average Bonchev–Trinajstić information content (AvgIpc) is 2.35. The SMILES string of the molecule is CC(C)C(=O)CCC1CCCc2ccccc21. The van der Waals surface area contributed by atoms with Crippen LogP contribution in [0.2, 0.25) is 0 Å². The maximum absolute atomic E-state index is 11.7. The first-order valence-electron chi connectivity index (χ1n) is 6.79. The van der Waals surface area contributed by atoms with E-state index in [-0.39, 0.29) is 5.92 Å². The maximum Gasteiger partial charge on any atom is 0.135 e. The topological polar surface area (TPSA) is 17.1 Å². The van der Waals surface area contributed by atoms with Gasteiger partial charge in [0.25, 0.3) is 0 Å². The first-order chi connectivity index (χ1) is 8.18. The summed E-state index contributed by atoms with van der Waals surface area (Å²) >= 11 is 0. The van der Waals surface area contributed by atoms with Gasteiger partial charge in [-0.1, -0.05) is 38.1 Å². The zero-order valence-corrected chi connectivity index (χ0v) is 10.9. The van der Waals surface area contributed by atoms with Crippen molar-refractivity contribution in [3.05, 3.63) is 35.4 Å². The Morgan fingerprint density at radius 3 is 2.88 bits per heavy atom. The monoisotopic (exact) mass is 230 g/mol. The second kappa shape index (κ2) is 5.48. The Morgan fingerprint density at radius 2 is 2.12 bits per heavy atom. The lowest BCUT2D eigenvalue weighted by molar-refractivity contribution is -0.122.